The maximum absolute atomic E-state index is 12.4. The van der Waals surface area contributed by atoms with Crippen molar-refractivity contribution >= 4 is 17.9 Å². The van der Waals surface area contributed by atoms with Gasteiger partial charge >= 0.3 is 0 Å². The van der Waals surface area contributed by atoms with Crippen LogP contribution in [0, 0.1) is 0 Å². The molecule has 3 heteroatoms. The molecule has 2 aromatic rings. The van der Waals surface area contributed by atoms with Gasteiger partial charge in [-0.2, -0.15) is 0 Å². The summed E-state index contributed by atoms with van der Waals surface area (Å²) in [7, 11) is 0. The van der Waals surface area contributed by atoms with Gasteiger partial charge in [-0.05, 0) is 26.0 Å². The first kappa shape index (κ1) is 12.5. The van der Waals surface area contributed by atoms with Gasteiger partial charge in [0.25, 0.3) is 0 Å². The van der Waals surface area contributed by atoms with Crippen molar-refractivity contribution in [2.45, 2.75) is 13.8 Å². The third-order valence-corrected chi connectivity index (χ3v) is 3.24. The Hall–Kier alpha value is -2.55. The maximum Gasteiger partial charge on any atom is 0.214 e. The second kappa shape index (κ2) is 4.85. The smallest absolute Gasteiger partial charge is 0.214 e. The van der Waals surface area contributed by atoms with Gasteiger partial charge in [0.2, 0.25) is 5.78 Å². The van der Waals surface area contributed by atoms with Crippen molar-refractivity contribution in [2.75, 3.05) is 0 Å². The van der Waals surface area contributed by atoms with Crippen LogP contribution in [-0.2, 0) is 0 Å². The number of ketones is 1. The molecule has 0 spiro atoms. The van der Waals surface area contributed by atoms with E-state index in [0.29, 0.717) is 17.0 Å². The monoisotopic (exact) mass is 262 g/mol. The Kier molecular flexibility index (Phi) is 3.03. The lowest BCUT2D eigenvalue weighted by Gasteiger charge is -2.04. The Bertz CT molecular complexity index is 758. The second-order valence-electron chi connectivity index (χ2n) is 4.57. The lowest BCUT2D eigenvalue weighted by molar-refractivity contribution is 0.103. The van der Waals surface area contributed by atoms with E-state index in [9.17, 15) is 4.79 Å². The summed E-state index contributed by atoms with van der Waals surface area (Å²) in [5.74, 6) is -0.0409. The zero-order valence-corrected chi connectivity index (χ0v) is 11.4. The first-order valence-corrected chi connectivity index (χ1v) is 6.57. The Labute approximate surface area is 117 Å². The topological polar surface area (TPSA) is 42.9 Å². The summed E-state index contributed by atoms with van der Waals surface area (Å²) in [6, 6.07) is 7.52. The highest BCUT2D eigenvalue weighted by molar-refractivity contribution is 6.19. The normalized spacial score (nSPS) is 13.2. The average Bonchev–Trinajstić information content (AvgIpc) is 2.74. The van der Waals surface area contributed by atoms with Crippen LogP contribution in [0.1, 0.15) is 41.3 Å². The molecule has 1 heterocycles. The summed E-state index contributed by atoms with van der Waals surface area (Å²) in [4.78, 5) is 21.5. The third-order valence-electron chi connectivity index (χ3n) is 3.24. The molecule has 0 amide bonds. The zero-order valence-electron chi connectivity index (χ0n) is 11.4. The fourth-order valence-electron chi connectivity index (χ4n) is 2.38. The van der Waals surface area contributed by atoms with E-state index >= 15 is 0 Å². The van der Waals surface area contributed by atoms with Crippen molar-refractivity contribution in [1.29, 1.82) is 0 Å². The van der Waals surface area contributed by atoms with E-state index in [2.05, 4.69) is 9.97 Å². The molecule has 1 aliphatic carbocycles. The lowest BCUT2D eigenvalue weighted by atomic mass is 10.1. The number of rotatable bonds is 2. The Morgan fingerprint density at radius 2 is 1.40 bits per heavy atom. The second-order valence-corrected chi connectivity index (χ2v) is 4.57. The quantitative estimate of drug-likeness (QED) is 0.706. The number of allylic oxidation sites excluding steroid dienone is 2. The Morgan fingerprint density at radius 3 is 2.00 bits per heavy atom. The lowest BCUT2D eigenvalue weighted by Crippen LogP contribution is -2.03. The van der Waals surface area contributed by atoms with E-state index in [1.807, 2.05) is 62.4 Å². The van der Waals surface area contributed by atoms with Gasteiger partial charge in [-0.25, -0.2) is 9.97 Å². The van der Waals surface area contributed by atoms with Gasteiger partial charge < -0.3 is 0 Å². The van der Waals surface area contributed by atoms with Crippen LogP contribution in [-0.4, -0.2) is 15.8 Å². The van der Waals surface area contributed by atoms with E-state index in [0.717, 1.165) is 17.0 Å². The molecule has 0 bridgehead atoms. The number of carbonyl (C=O) groups is 1. The van der Waals surface area contributed by atoms with Crippen LogP contribution < -0.4 is 0 Å². The molecule has 0 atom stereocenters. The van der Waals surface area contributed by atoms with Gasteiger partial charge in [0.05, 0.1) is 11.4 Å². The first-order chi connectivity index (χ1) is 9.76. The molecule has 1 aromatic heterocycles. The van der Waals surface area contributed by atoms with Gasteiger partial charge in [-0.3, -0.25) is 4.79 Å². The molecular weight excluding hydrogens is 248 g/mol. The van der Waals surface area contributed by atoms with Crippen molar-refractivity contribution in [3.63, 3.8) is 0 Å². The van der Waals surface area contributed by atoms with E-state index in [1.54, 1.807) is 0 Å². The molecule has 0 saturated heterocycles. The molecule has 0 unspecified atom stereocenters. The number of fused-ring (bicyclic) bond motifs is 3. The largest absolute Gasteiger partial charge is 0.287 e. The van der Waals surface area contributed by atoms with Crippen LogP contribution in [0.25, 0.3) is 23.4 Å². The molecule has 0 N–H and O–H groups in total. The van der Waals surface area contributed by atoms with Crippen LogP contribution in [0.3, 0.4) is 0 Å². The van der Waals surface area contributed by atoms with Gasteiger partial charge in [0, 0.05) is 11.1 Å². The minimum absolute atomic E-state index is 0.0409. The fraction of sp³-hybridized carbons (Fsp3) is 0.118. The van der Waals surface area contributed by atoms with Gasteiger partial charge in [0.1, 0.15) is 11.4 Å². The molecule has 1 aromatic carbocycles. The van der Waals surface area contributed by atoms with Crippen LogP contribution in [0.2, 0.25) is 0 Å². The fourth-order valence-corrected chi connectivity index (χ4v) is 2.38. The highest BCUT2D eigenvalue weighted by Gasteiger charge is 2.30. The minimum atomic E-state index is -0.0409. The molecule has 98 valence electrons. The van der Waals surface area contributed by atoms with Gasteiger partial charge in [0.15, 0.2) is 0 Å². The molecule has 0 aliphatic heterocycles. The standard InChI is InChI=1S/C17H14N2O/c1-3-7-13-14(8-4-2)19-16-15(18-13)11-9-5-6-10-12(11)17(16)20/h3-10H,1-2H3/b7-3-,8-4-. The molecular formula is C17H14N2O. The van der Waals surface area contributed by atoms with Crippen molar-refractivity contribution < 1.29 is 4.79 Å². The number of hydrogen-bond donors (Lipinski definition) is 0. The molecule has 20 heavy (non-hydrogen) atoms. The predicted molar refractivity (Wildman–Crippen MR) is 80.3 cm³/mol. The van der Waals surface area contributed by atoms with Crippen LogP contribution in [0.4, 0.5) is 0 Å². The summed E-state index contributed by atoms with van der Waals surface area (Å²) in [5, 5.41) is 0. The van der Waals surface area contributed by atoms with Crippen molar-refractivity contribution in [2.24, 2.45) is 0 Å². The third kappa shape index (κ3) is 1.79. The van der Waals surface area contributed by atoms with Crippen LogP contribution >= 0.6 is 0 Å². The van der Waals surface area contributed by atoms with E-state index in [4.69, 9.17) is 0 Å². The summed E-state index contributed by atoms with van der Waals surface area (Å²) < 4.78 is 0. The summed E-state index contributed by atoms with van der Waals surface area (Å²) in [6.07, 6.45) is 7.61. The molecule has 3 rings (SSSR count). The van der Waals surface area contributed by atoms with E-state index < -0.39 is 0 Å². The molecule has 1 aliphatic rings. The van der Waals surface area contributed by atoms with Crippen molar-refractivity contribution in [3.05, 3.63) is 59.1 Å². The maximum atomic E-state index is 12.4. The summed E-state index contributed by atoms with van der Waals surface area (Å²) in [6.45, 7) is 3.86. The van der Waals surface area contributed by atoms with Crippen LogP contribution in [0.5, 0.6) is 0 Å². The van der Waals surface area contributed by atoms with E-state index in [-0.39, 0.29) is 5.78 Å². The minimum Gasteiger partial charge on any atom is -0.287 e. The summed E-state index contributed by atoms with van der Waals surface area (Å²) in [5.41, 5.74) is 4.21. The molecule has 0 saturated carbocycles. The molecule has 0 fully saturated rings. The van der Waals surface area contributed by atoms with Gasteiger partial charge in [-0.1, -0.05) is 36.4 Å². The number of nitrogens with zero attached hydrogens (tertiary/aromatic N) is 2. The highest BCUT2D eigenvalue weighted by Crippen LogP contribution is 2.34. The number of hydrogen-bond acceptors (Lipinski definition) is 3. The Balaban J connectivity index is 2.29. The number of benzene rings is 1. The zero-order chi connectivity index (χ0) is 14.1. The summed E-state index contributed by atoms with van der Waals surface area (Å²) >= 11 is 0. The SMILES string of the molecule is C/C=C\c1nc2c(nc1/C=C\C)-c1ccccc1C2=O. The van der Waals surface area contributed by atoms with Crippen molar-refractivity contribution in [1.82, 2.24) is 9.97 Å². The van der Waals surface area contributed by atoms with E-state index in [1.165, 1.54) is 0 Å². The number of aromatic nitrogens is 2. The number of carbonyl (C=O) groups excluding carboxylic acids is 1. The predicted octanol–water partition coefficient (Wildman–Crippen LogP) is 3.75. The van der Waals surface area contributed by atoms with Gasteiger partial charge in [-0.15, -0.1) is 0 Å². The molecule has 0 radical (unpaired) electrons. The van der Waals surface area contributed by atoms with Crippen molar-refractivity contribution in [3.8, 4) is 11.3 Å². The Morgan fingerprint density at radius 1 is 0.850 bits per heavy atom. The van der Waals surface area contributed by atoms with Crippen LogP contribution in [0.15, 0.2) is 36.4 Å². The highest BCUT2D eigenvalue weighted by atomic mass is 16.1. The molecule has 3 nitrogen and oxygen atoms in total. The average molecular weight is 262 g/mol. The first-order valence-electron chi connectivity index (χ1n) is 6.57.